The highest BCUT2D eigenvalue weighted by atomic mass is 35.5. The van der Waals surface area contributed by atoms with Crippen LogP contribution in [0.5, 0.6) is 0 Å². The summed E-state index contributed by atoms with van der Waals surface area (Å²) in [6.07, 6.45) is 0. The first-order valence-electron chi connectivity index (χ1n) is 5.75. The van der Waals surface area contributed by atoms with Crippen molar-refractivity contribution in [3.8, 4) is 0 Å². The second-order valence-electron chi connectivity index (χ2n) is 4.39. The van der Waals surface area contributed by atoms with Gasteiger partial charge in [0, 0.05) is 31.5 Å². The number of nitrogens with zero attached hydrogens (tertiary/aromatic N) is 1. The van der Waals surface area contributed by atoms with Crippen molar-refractivity contribution in [2.45, 2.75) is 5.92 Å². The van der Waals surface area contributed by atoms with E-state index in [0.29, 0.717) is 13.1 Å². The molecule has 4 heteroatoms. The third kappa shape index (κ3) is 2.61. The van der Waals surface area contributed by atoms with Gasteiger partial charge < -0.3 is 10.0 Å². The molecule has 0 aromatic heterocycles. The maximum absolute atomic E-state index is 11.6. The minimum absolute atomic E-state index is 0.0135. The van der Waals surface area contributed by atoms with Crippen LogP contribution in [0.3, 0.4) is 0 Å². The fourth-order valence-electron chi connectivity index (χ4n) is 2.42. The van der Waals surface area contributed by atoms with Crippen LogP contribution in [0.25, 0.3) is 0 Å². The van der Waals surface area contributed by atoms with Crippen LogP contribution in [-0.2, 0) is 4.79 Å². The number of likely N-dealkylation sites (tertiary alicyclic amines) is 1. The summed E-state index contributed by atoms with van der Waals surface area (Å²) in [6, 6.07) is 10.0. The Morgan fingerprint density at radius 3 is 2.65 bits per heavy atom. The summed E-state index contributed by atoms with van der Waals surface area (Å²) < 4.78 is 0. The van der Waals surface area contributed by atoms with Crippen LogP contribution in [-0.4, -0.2) is 41.5 Å². The molecule has 1 amide bonds. The van der Waals surface area contributed by atoms with Gasteiger partial charge >= 0.3 is 0 Å². The Morgan fingerprint density at radius 1 is 1.35 bits per heavy atom. The lowest BCUT2D eigenvalue weighted by Gasteiger charge is -2.15. The molecule has 0 saturated carbocycles. The third-order valence-electron chi connectivity index (χ3n) is 3.37. The van der Waals surface area contributed by atoms with Crippen molar-refractivity contribution in [2.75, 3.05) is 25.6 Å². The smallest absolute Gasteiger partial charge is 0.237 e. The summed E-state index contributed by atoms with van der Waals surface area (Å²) >= 11 is 5.56. The molecule has 0 bridgehead atoms. The number of halogens is 1. The molecule has 0 spiro atoms. The maximum atomic E-state index is 11.6. The van der Waals surface area contributed by atoms with E-state index in [9.17, 15) is 9.90 Å². The maximum Gasteiger partial charge on any atom is 0.237 e. The summed E-state index contributed by atoms with van der Waals surface area (Å²) in [5, 5.41) is 9.40. The molecule has 1 heterocycles. The highest BCUT2D eigenvalue weighted by Crippen LogP contribution is 2.32. The van der Waals surface area contributed by atoms with Crippen LogP contribution in [0.1, 0.15) is 11.5 Å². The monoisotopic (exact) mass is 253 g/mol. The number of rotatable bonds is 3. The Labute approximate surface area is 106 Å². The topological polar surface area (TPSA) is 40.5 Å². The Balaban J connectivity index is 2.15. The fourth-order valence-corrected chi connectivity index (χ4v) is 2.59. The highest BCUT2D eigenvalue weighted by Gasteiger charge is 2.35. The third-order valence-corrected chi connectivity index (χ3v) is 3.60. The van der Waals surface area contributed by atoms with Crippen LogP contribution in [0, 0.1) is 5.92 Å². The van der Waals surface area contributed by atoms with Crippen molar-refractivity contribution in [1.82, 2.24) is 4.90 Å². The minimum Gasteiger partial charge on any atom is -0.396 e. The van der Waals surface area contributed by atoms with Crippen molar-refractivity contribution in [3.05, 3.63) is 35.9 Å². The van der Waals surface area contributed by atoms with Gasteiger partial charge in [-0.05, 0) is 5.56 Å². The molecule has 1 saturated heterocycles. The Bertz CT molecular complexity index is 382. The second kappa shape index (κ2) is 5.52. The fraction of sp³-hybridized carbons (Fsp3) is 0.462. The van der Waals surface area contributed by atoms with Crippen LogP contribution in [0.15, 0.2) is 30.3 Å². The molecule has 3 nitrogen and oxygen atoms in total. The molecule has 0 unspecified atom stereocenters. The van der Waals surface area contributed by atoms with E-state index in [1.807, 2.05) is 30.3 Å². The predicted molar refractivity (Wildman–Crippen MR) is 67.1 cm³/mol. The van der Waals surface area contributed by atoms with Crippen molar-refractivity contribution < 1.29 is 9.90 Å². The predicted octanol–water partition coefficient (Wildman–Crippen LogP) is 1.46. The molecule has 1 aliphatic heterocycles. The van der Waals surface area contributed by atoms with E-state index in [1.165, 1.54) is 5.56 Å². The number of hydrogen-bond donors (Lipinski definition) is 1. The first kappa shape index (κ1) is 12.4. The lowest BCUT2D eigenvalue weighted by atomic mass is 9.90. The summed E-state index contributed by atoms with van der Waals surface area (Å²) in [7, 11) is 0. The number of amides is 1. The standard InChI is InChI=1S/C13H16ClNO2/c14-6-13(17)15-7-11(9-16)12(8-15)10-4-2-1-3-5-10/h1-5,11-12,16H,6-9H2/t11-,12+/m1/s1. The molecule has 1 aliphatic rings. The van der Waals surface area contributed by atoms with E-state index >= 15 is 0 Å². The number of aliphatic hydroxyl groups is 1. The lowest BCUT2D eigenvalue weighted by molar-refractivity contribution is -0.127. The van der Waals surface area contributed by atoms with Gasteiger partial charge in [0.15, 0.2) is 0 Å². The molecule has 2 rings (SSSR count). The average Bonchev–Trinajstić information content (AvgIpc) is 2.83. The average molecular weight is 254 g/mol. The molecule has 1 aromatic rings. The van der Waals surface area contributed by atoms with E-state index in [-0.39, 0.29) is 30.2 Å². The number of carbonyl (C=O) groups excluding carboxylic acids is 1. The minimum atomic E-state index is -0.0523. The van der Waals surface area contributed by atoms with E-state index in [2.05, 4.69) is 0 Å². The molecule has 17 heavy (non-hydrogen) atoms. The summed E-state index contributed by atoms with van der Waals surface area (Å²) in [5.74, 6) is 0.293. The first-order valence-corrected chi connectivity index (χ1v) is 6.29. The van der Waals surface area contributed by atoms with Gasteiger partial charge in [-0.15, -0.1) is 11.6 Å². The number of hydrogen-bond acceptors (Lipinski definition) is 2. The summed E-state index contributed by atoms with van der Waals surface area (Å²) in [6.45, 7) is 1.36. The zero-order valence-electron chi connectivity index (χ0n) is 9.55. The van der Waals surface area contributed by atoms with Gasteiger partial charge in [-0.25, -0.2) is 0 Å². The van der Waals surface area contributed by atoms with Crippen molar-refractivity contribution in [2.24, 2.45) is 5.92 Å². The van der Waals surface area contributed by atoms with Crippen molar-refractivity contribution >= 4 is 17.5 Å². The SMILES string of the molecule is O=C(CCl)N1C[C@H](CO)[C@H](c2ccccc2)C1. The van der Waals surface area contributed by atoms with Gasteiger partial charge in [0.25, 0.3) is 0 Å². The van der Waals surface area contributed by atoms with Gasteiger partial charge in [-0.1, -0.05) is 30.3 Å². The zero-order valence-corrected chi connectivity index (χ0v) is 10.3. The number of aliphatic hydroxyl groups excluding tert-OH is 1. The molecule has 1 N–H and O–H groups in total. The van der Waals surface area contributed by atoms with Crippen molar-refractivity contribution in [1.29, 1.82) is 0 Å². The Hall–Kier alpha value is -1.06. The molecule has 1 fully saturated rings. The van der Waals surface area contributed by atoms with Crippen LogP contribution in [0.2, 0.25) is 0 Å². The van der Waals surface area contributed by atoms with Crippen LogP contribution < -0.4 is 0 Å². The van der Waals surface area contributed by atoms with Gasteiger partial charge in [-0.3, -0.25) is 4.79 Å². The van der Waals surface area contributed by atoms with E-state index in [4.69, 9.17) is 11.6 Å². The molecule has 1 aromatic carbocycles. The lowest BCUT2D eigenvalue weighted by Crippen LogP contribution is -2.30. The molecule has 2 atom stereocenters. The Morgan fingerprint density at radius 2 is 2.06 bits per heavy atom. The largest absolute Gasteiger partial charge is 0.396 e. The van der Waals surface area contributed by atoms with Gasteiger partial charge in [0.1, 0.15) is 5.88 Å². The van der Waals surface area contributed by atoms with E-state index < -0.39 is 0 Å². The quantitative estimate of drug-likeness (QED) is 0.829. The highest BCUT2D eigenvalue weighted by molar-refractivity contribution is 6.27. The van der Waals surface area contributed by atoms with E-state index in [1.54, 1.807) is 4.90 Å². The van der Waals surface area contributed by atoms with E-state index in [0.717, 1.165) is 0 Å². The number of carbonyl (C=O) groups is 1. The summed E-state index contributed by atoms with van der Waals surface area (Å²) in [5.41, 5.74) is 1.18. The molecule has 0 aliphatic carbocycles. The van der Waals surface area contributed by atoms with Gasteiger partial charge in [0.05, 0.1) is 0 Å². The molecular formula is C13H16ClNO2. The normalized spacial score (nSPS) is 24.0. The second-order valence-corrected chi connectivity index (χ2v) is 4.66. The molecular weight excluding hydrogens is 238 g/mol. The Kier molecular flexibility index (Phi) is 4.02. The number of alkyl halides is 1. The van der Waals surface area contributed by atoms with Crippen molar-refractivity contribution in [3.63, 3.8) is 0 Å². The first-order chi connectivity index (χ1) is 8.26. The number of benzene rings is 1. The van der Waals surface area contributed by atoms with Gasteiger partial charge in [-0.2, -0.15) is 0 Å². The molecule has 0 radical (unpaired) electrons. The van der Waals surface area contributed by atoms with Crippen LogP contribution >= 0.6 is 11.6 Å². The van der Waals surface area contributed by atoms with Crippen LogP contribution in [0.4, 0.5) is 0 Å². The zero-order chi connectivity index (χ0) is 12.3. The molecule has 92 valence electrons. The van der Waals surface area contributed by atoms with Gasteiger partial charge in [0.2, 0.25) is 5.91 Å². The summed E-state index contributed by atoms with van der Waals surface area (Å²) in [4.78, 5) is 13.3.